The molecule has 0 spiro atoms. The fourth-order valence-electron chi connectivity index (χ4n) is 2.12. The van der Waals surface area contributed by atoms with E-state index in [1.807, 2.05) is 0 Å². The number of urea groups is 1. The molecular weight excluding hydrogens is 416 g/mol. The molecule has 0 saturated heterocycles. The van der Waals surface area contributed by atoms with Crippen LogP contribution in [0.15, 0.2) is 42.6 Å². The minimum atomic E-state index is -4.53. The Hall–Kier alpha value is -3.42. The van der Waals surface area contributed by atoms with Gasteiger partial charge in [0.25, 0.3) is 0 Å². The first-order valence-electron chi connectivity index (χ1n) is 8.36. The minimum absolute atomic E-state index is 0.133. The molecule has 0 saturated carbocycles. The molecule has 0 radical (unpaired) electrons. The van der Waals surface area contributed by atoms with Crippen LogP contribution in [-0.4, -0.2) is 30.3 Å². The highest BCUT2D eigenvalue weighted by molar-refractivity contribution is 5.74. The number of halogens is 6. The lowest BCUT2D eigenvalue weighted by atomic mass is 10.1. The predicted molar refractivity (Wildman–Crippen MR) is 94.3 cm³/mol. The third-order valence-electron chi connectivity index (χ3n) is 3.42. The fraction of sp³-hybridized carbons (Fsp3) is 0.263. The van der Waals surface area contributed by atoms with Gasteiger partial charge in [0.1, 0.15) is 0 Å². The van der Waals surface area contributed by atoms with Crippen molar-refractivity contribution in [1.29, 1.82) is 0 Å². The van der Waals surface area contributed by atoms with Crippen molar-refractivity contribution in [2.24, 2.45) is 0 Å². The van der Waals surface area contributed by atoms with Gasteiger partial charge in [-0.3, -0.25) is 0 Å². The van der Waals surface area contributed by atoms with Gasteiger partial charge >= 0.3 is 18.4 Å². The quantitative estimate of drug-likeness (QED) is 0.558. The lowest BCUT2D eigenvalue weighted by Crippen LogP contribution is -2.35. The molecule has 0 bridgehead atoms. The zero-order valence-electron chi connectivity index (χ0n) is 15.2. The van der Waals surface area contributed by atoms with Crippen LogP contribution in [0.5, 0.6) is 5.88 Å². The fourth-order valence-corrected chi connectivity index (χ4v) is 2.12. The van der Waals surface area contributed by atoms with Crippen LogP contribution in [0.2, 0.25) is 0 Å². The highest BCUT2D eigenvalue weighted by Gasteiger charge is 2.30. The van der Waals surface area contributed by atoms with E-state index < -0.39 is 30.6 Å². The third-order valence-corrected chi connectivity index (χ3v) is 3.42. The number of aromatic nitrogens is 1. The van der Waals surface area contributed by atoms with E-state index >= 15 is 0 Å². The zero-order valence-corrected chi connectivity index (χ0v) is 15.2. The molecule has 0 aliphatic carbocycles. The minimum Gasteiger partial charge on any atom is -0.468 e. The number of pyridine rings is 1. The van der Waals surface area contributed by atoms with E-state index in [9.17, 15) is 31.1 Å². The Kier molecular flexibility index (Phi) is 7.52. The van der Waals surface area contributed by atoms with Crippen LogP contribution in [0.1, 0.15) is 16.7 Å². The Labute approximate surface area is 167 Å². The van der Waals surface area contributed by atoms with Crippen LogP contribution in [0.3, 0.4) is 0 Å². The van der Waals surface area contributed by atoms with Gasteiger partial charge in [0.2, 0.25) is 5.88 Å². The van der Waals surface area contributed by atoms with Crippen molar-refractivity contribution in [3.63, 3.8) is 0 Å². The van der Waals surface area contributed by atoms with Gasteiger partial charge < -0.3 is 15.4 Å². The van der Waals surface area contributed by atoms with Gasteiger partial charge in [-0.15, -0.1) is 0 Å². The van der Waals surface area contributed by atoms with E-state index in [2.05, 4.69) is 32.2 Å². The van der Waals surface area contributed by atoms with E-state index in [4.69, 9.17) is 0 Å². The summed E-state index contributed by atoms with van der Waals surface area (Å²) in [7, 11) is 0. The maximum atomic E-state index is 12.6. The maximum Gasteiger partial charge on any atom is 0.422 e. The number of alkyl halides is 6. The van der Waals surface area contributed by atoms with Gasteiger partial charge in [-0.05, 0) is 24.3 Å². The molecule has 1 aromatic heterocycles. The molecule has 160 valence electrons. The summed E-state index contributed by atoms with van der Waals surface area (Å²) < 4.78 is 79.3. The predicted octanol–water partition coefficient (Wildman–Crippen LogP) is 3.89. The van der Waals surface area contributed by atoms with Crippen molar-refractivity contribution in [3.05, 3.63) is 59.3 Å². The van der Waals surface area contributed by atoms with Crippen molar-refractivity contribution in [1.82, 2.24) is 15.6 Å². The average Bonchev–Trinajstić information content (AvgIpc) is 2.67. The highest BCUT2D eigenvalue weighted by atomic mass is 19.4. The number of hydrogen-bond donors (Lipinski definition) is 2. The largest absolute Gasteiger partial charge is 0.468 e. The summed E-state index contributed by atoms with van der Waals surface area (Å²) in [5.74, 6) is 4.74. The maximum absolute atomic E-state index is 12.6. The molecule has 0 aliphatic heterocycles. The summed E-state index contributed by atoms with van der Waals surface area (Å²) in [5.41, 5.74) is -0.471. The topological polar surface area (TPSA) is 63.2 Å². The number of carbonyl (C=O) groups is 1. The van der Waals surface area contributed by atoms with Crippen LogP contribution in [0.25, 0.3) is 0 Å². The molecule has 5 nitrogen and oxygen atoms in total. The van der Waals surface area contributed by atoms with Crippen molar-refractivity contribution >= 4 is 6.03 Å². The first kappa shape index (κ1) is 22.9. The molecule has 0 unspecified atom stereocenters. The Balaban J connectivity index is 1.84. The number of hydrogen-bond acceptors (Lipinski definition) is 3. The summed E-state index contributed by atoms with van der Waals surface area (Å²) in [6, 6.07) is 6.65. The highest BCUT2D eigenvalue weighted by Crippen LogP contribution is 2.29. The summed E-state index contributed by atoms with van der Waals surface area (Å²) in [4.78, 5) is 15.5. The van der Waals surface area contributed by atoms with E-state index in [0.29, 0.717) is 0 Å². The van der Waals surface area contributed by atoms with E-state index in [1.54, 1.807) is 0 Å². The third kappa shape index (κ3) is 7.90. The van der Waals surface area contributed by atoms with Crippen LogP contribution in [0, 0.1) is 11.8 Å². The smallest absolute Gasteiger partial charge is 0.422 e. The molecule has 1 heterocycles. The van der Waals surface area contributed by atoms with Gasteiger partial charge in [0.15, 0.2) is 6.61 Å². The number of rotatable bonds is 5. The number of carbonyl (C=O) groups excluding carboxylic acids is 1. The lowest BCUT2D eigenvalue weighted by Gasteiger charge is -2.12. The lowest BCUT2D eigenvalue weighted by molar-refractivity contribution is -0.154. The summed E-state index contributed by atoms with van der Waals surface area (Å²) in [6.45, 7) is -1.84. The molecule has 0 atom stereocenters. The van der Waals surface area contributed by atoms with E-state index in [0.717, 1.165) is 12.1 Å². The van der Waals surface area contributed by atoms with Gasteiger partial charge in [0, 0.05) is 23.9 Å². The van der Waals surface area contributed by atoms with Crippen molar-refractivity contribution < 1.29 is 35.9 Å². The average molecular weight is 431 g/mol. The second kappa shape index (κ2) is 9.87. The molecular formula is C19H15F6N3O2. The number of ether oxygens (including phenoxy) is 1. The molecule has 0 aliphatic rings. The Morgan fingerprint density at radius 2 is 1.83 bits per heavy atom. The Bertz CT molecular complexity index is 932. The second-order valence-electron chi connectivity index (χ2n) is 5.79. The molecule has 2 rings (SSSR count). The van der Waals surface area contributed by atoms with Gasteiger partial charge in [0.05, 0.1) is 12.1 Å². The molecule has 2 N–H and O–H groups in total. The SMILES string of the molecule is O=C(NCC#Cc1cccc(C(F)(F)F)c1)NCc1cccnc1OCC(F)(F)F. The van der Waals surface area contributed by atoms with Crippen molar-refractivity contribution in [2.75, 3.05) is 13.2 Å². The molecule has 2 aromatic rings. The van der Waals surface area contributed by atoms with E-state index in [-0.39, 0.29) is 30.1 Å². The van der Waals surface area contributed by atoms with E-state index in [1.165, 1.54) is 30.5 Å². The van der Waals surface area contributed by atoms with Crippen LogP contribution >= 0.6 is 0 Å². The van der Waals surface area contributed by atoms with Gasteiger partial charge in [-0.25, -0.2) is 9.78 Å². The monoisotopic (exact) mass is 431 g/mol. The first-order chi connectivity index (χ1) is 14.0. The van der Waals surface area contributed by atoms with Crippen molar-refractivity contribution in [3.8, 4) is 17.7 Å². The summed E-state index contributed by atoms with van der Waals surface area (Å²) in [5, 5.41) is 4.75. The molecule has 2 amide bonds. The number of nitrogens with one attached hydrogen (secondary N) is 2. The Morgan fingerprint density at radius 3 is 2.53 bits per heavy atom. The number of amides is 2. The van der Waals surface area contributed by atoms with Crippen LogP contribution < -0.4 is 15.4 Å². The number of nitrogens with zero attached hydrogens (tertiary/aromatic N) is 1. The van der Waals surface area contributed by atoms with Crippen LogP contribution in [-0.2, 0) is 12.7 Å². The van der Waals surface area contributed by atoms with Gasteiger partial charge in [-0.2, -0.15) is 26.3 Å². The van der Waals surface area contributed by atoms with Gasteiger partial charge in [-0.1, -0.05) is 24.0 Å². The molecule has 30 heavy (non-hydrogen) atoms. The zero-order chi connectivity index (χ0) is 22.2. The second-order valence-corrected chi connectivity index (χ2v) is 5.79. The summed E-state index contributed by atoms with van der Waals surface area (Å²) in [6.07, 6.45) is -7.76. The normalized spacial score (nSPS) is 11.3. The Morgan fingerprint density at radius 1 is 1.07 bits per heavy atom. The first-order valence-corrected chi connectivity index (χ1v) is 8.36. The standard InChI is InChI=1S/C19H15F6N3O2/c20-18(21,22)12-30-16-14(6-3-8-26-16)11-28-17(29)27-9-2-5-13-4-1-7-15(10-13)19(23,24)25/h1,3-4,6-8,10H,9,11-12H2,(H2,27,28,29). The summed E-state index contributed by atoms with van der Waals surface area (Å²) >= 11 is 0. The van der Waals surface area contributed by atoms with Crippen molar-refractivity contribution in [2.45, 2.75) is 18.9 Å². The molecule has 11 heteroatoms. The molecule has 1 aromatic carbocycles. The van der Waals surface area contributed by atoms with Crippen LogP contribution in [0.4, 0.5) is 31.1 Å². The number of benzene rings is 1. The molecule has 0 fully saturated rings.